The first-order valence-corrected chi connectivity index (χ1v) is 9.03. The molecule has 2 N–H and O–H groups in total. The number of nitrogens with zero attached hydrogens (tertiary/aromatic N) is 1. The molecule has 26 heavy (non-hydrogen) atoms. The average Bonchev–Trinajstić information content (AvgIpc) is 3.17. The monoisotopic (exact) mass is 347 g/mol. The van der Waals surface area contributed by atoms with Gasteiger partial charge in [-0.25, -0.2) is 0 Å². The number of anilines is 1. The fourth-order valence-corrected chi connectivity index (χ4v) is 4.51. The van der Waals surface area contributed by atoms with Crippen molar-refractivity contribution in [3.8, 4) is 0 Å². The first-order chi connectivity index (χ1) is 12.8. The Morgan fingerprint density at radius 2 is 1.96 bits per heavy atom. The highest BCUT2D eigenvalue weighted by Crippen LogP contribution is 2.47. The fraction of sp³-hybridized carbons (Fsp3) is 0.286. The number of carbonyl (C=O) groups excluding carboxylic acids is 1. The normalized spacial score (nSPS) is 21.4. The van der Waals surface area contributed by atoms with Crippen LogP contribution in [0.2, 0.25) is 0 Å². The van der Waals surface area contributed by atoms with E-state index in [1.807, 2.05) is 29.2 Å². The molecule has 0 bridgehead atoms. The number of rotatable bonds is 3. The van der Waals surface area contributed by atoms with Crippen molar-refractivity contribution in [2.24, 2.45) is 0 Å². The highest BCUT2D eigenvalue weighted by molar-refractivity contribution is 6.11. The molecule has 2 aromatic carbocycles. The van der Waals surface area contributed by atoms with Gasteiger partial charge in [-0.15, -0.1) is 0 Å². The second-order valence-corrected chi connectivity index (χ2v) is 6.92. The van der Waals surface area contributed by atoms with Gasteiger partial charge in [0, 0.05) is 42.4 Å². The Hall–Kier alpha value is -2.63. The number of nitrogens with one attached hydrogen (secondary N) is 2. The van der Waals surface area contributed by atoms with E-state index >= 15 is 0 Å². The Morgan fingerprint density at radius 3 is 2.85 bits per heavy atom. The first-order valence-electron chi connectivity index (χ1n) is 9.03. The molecule has 2 aliphatic rings. The second-order valence-electron chi connectivity index (χ2n) is 6.92. The van der Waals surface area contributed by atoms with E-state index in [4.69, 9.17) is 4.74 Å². The molecule has 5 rings (SSSR count). The van der Waals surface area contributed by atoms with E-state index < -0.39 is 5.54 Å². The minimum Gasteiger partial charge on any atom is -0.383 e. The van der Waals surface area contributed by atoms with E-state index in [9.17, 15) is 4.79 Å². The molecule has 0 aliphatic carbocycles. The number of ether oxygens (including phenoxy) is 1. The predicted molar refractivity (Wildman–Crippen MR) is 101 cm³/mol. The number of methoxy groups -OCH3 is 1. The second kappa shape index (κ2) is 5.69. The summed E-state index contributed by atoms with van der Waals surface area (Å²) >= 11 is 0. The zero-order valence-corrected chi connectivity index (χ0v) is 14.7. The molecule has 0 saturated carbocycles. The summed E-state index contributed by atoms with van der Waals surface area (Å²) in [5, 5.41) is 4.77. The van der Waals surface area contributed by atoms with Crippen LogP contribution in [0.15, 0.2) is 48.5 Å². The largest absolute Gasteiger partial charge is 0.383 e. The van der Waals surface area contributed by atoms with Crippen LogP contribution in [0.4, 0.5) is 5.69 Å². The Balaban J connectivity index is 1.76. The third kappa shape index (κ3) is 1.90. The van der Waals surface area contributed by atoms with Crippen molar-refractivity contribution in [1.29, 1.82) is 0 Å². The number of H-pyrrole nitrogens is 1. The van der Waals surface area contributed by atoms with Crippen molar-refractivity contribution in [1.82, 2.24) is 10.3 Å². The molecule has 0 saturated heterocycles. The predicted octanol–water partition coefficient (Wildman–Crippen LogP) is 2.55. The fourth-order valence-electron chi connectivity index (χ4n) is 4.51. The SMILES string of the molecule is COCCN1C(=O)[C@@]2(NCCc3c2[nH]c2ccccc32)c2ccccc21. The van der Waals surface area contributed by atoms with E-state index in [-0.39, 0.29) is 5.91 Å². The molecule has 1 amide bonds. The molecular weight excluding hydrogens is 326 g/mol. The Kier molecular flexibility index (Phi) is 3.42. The maximum absolute atomic E-state index is 13.7. The molecule has 132 valence electrons. The molecule has 0 unspecified atom stereocenters. The maximum atomic E-state index is 13.7. The minimum absolute atomic E-state index is 0.0725. The molecule has 0 fully saturated rings. The number of aromatic nitrogens is 1. The van der Waals surface area contributed by atoms with E-state index in [0.29, 0.717) is 13.2 Å². The lowest BCUT2D eigenvalue weighted by Crippen LogP contribution is -2.55. The van der Waals surface area contributed by atoms with Crippen LogP contribution in [0.3, 0.4) is 0 Å². The van der Waals surface area contributed by atoms with Gasteiger partial charge in [-0.2, -0.15) is 0 Å². The van der Waals surface area contributed by atoms with Crippen LogP contribution in [0.25, 0.3) is 10.9 Å². The number of carbonyl (C=O) groups is 1. The maximum Gasteiger partial charge on any atom is 0.258 e. The van der Waals surface area contributed by atoms with Gasteiger partial charge in [0.25, 0.3) is 5.91 Å². The number of para-hydroxylation sites is 2. The van der Waals surface area contributed by atoms with Gasteiger partial charge < -0.3 is 14.6 Å². The van der Waals surface area contributed by atoms with Gasteiger partial charge in [0.15, 0.2) is 5.54 Å². The number of hydrogen-bond acceptors (Lipinski definition) is 3. The number of amides is 1. The van der Waals surface area contributed by atoms with Gasteiger partial charge in [-0.05, 0) is 24.1 Å². The Morgan fingerprint density at radius 1 is 1.15 bits per heavy atom. The lowest BCUT2D eigenvalue weighted by atomic mass is 9.82. The highest BCUT2D eigenvalue weighted by Gasteiger charge is 2.55. The summed E-state index contributed by atoms with van der Waals surface area (Å²) in [6.45, 7) is 1.83. The number of aromatic amines is 1. The summed E-state index contributed by atoms with van der Waals surface area (Å²) < 4.78 is 5.24. The van der Waals surface area contributed by atoms with E-state index in [1.54, 1.807) is 7.11 Å². The van der Waals surface area contributed by atoms with Crippen LogP contribution in [-0.2, 0) is 21.5 Å². The van der Waals surface area contributed by atoms with Gasteiger partial charge >= 0.3 is 0 Å². The lowest BCUT2D eigenvalue weighted by molar-refractivity contribution is -0.123. The zero-order valence-electron chi connectivity index (χ0n) is 14.7. The van der Waals surface area contributed by atoms with Crippen LogP contribution in [0.5, 0.6) is 0 Å². The molecule has 3 aromatic rings. The van der Waals surface area contributed by atoms with E-state index in [1.165, 1.54) is 10.9 Å². The minimum atomic E-state index is -0.836. The third-order valence-electron chi connectivity index (χ3n) is 5.64. The average molecular weight is 347 g/mol. The quantitative estimate of drug-likeness (QED) is 0.766. The van der Waals surface area contributed by atoms with E-state index in [0.717, 1.165) is 35.4 Å². The first kappa shape index (κ1) is 15.6. The van der Waals surface area contributed by atoms with Crippen LogP contribution in [0, 0.1) is 0 Å². The van der Waals surface area contributed by atoms with Crippen LogP contribution < -0.4 is 10.2 Å². The van der Waals surface area contributed by atoms with Crippen molar-refractivity contribution in [2.75, 3.05) is 31.7 Å². The molecule has 0 radical (unpaired) electrons. The molecule has 5 heteroatoms. The van der Waals surface area contributed by atoms with Gasteiger partial charge in [-0.1, -0.05) is 36.4 Å². The van der Waals surface area contributed by atoms with Crippen LogP contribution >= 0.6 is 0 Å². The summed E-state index contributed by atoms with van der Waals surface area (Å²) in [5.41, 5.74) is 4.47. The summed E-state index contributed by atoms with van der Waals surface area (Å²) in [6, 6.07) is 16.4. The molecule has 1 aromatic heterocycles. The standard InChI is InChI=1S/C21H21N3O2/c1-26-13-12-24-18-9-5-3-7-16(18)21(20(24)25)19-15(10-11-22-21)14-6-2-4-8-17(14)23-19/h2-9,22-23H,10-13H2,1H3/t21-/m1/s1. The van der Waals surface area contributed by atoms with Crippen LogP contribution in [0.1, 0.15) is 16.8 Å². The van der Waals surface area contributed by atoms with Crippen molar-refractivity contribution in [3.05, 3.63) is 65.4 Å². The molecule has 1 spiro atoms. The van der Waals surface area contributed by atoms with Crippen molar-refractivity contribution in [3.63, 3.8) is 0 Å². The van der Waals surface area contributed by atoms with Crippen molar-refractivity contribution < 1.29 is 9.53 Å². The number of benzene rings is 2. The van der Waals surface area contributed by atoms with Gasteiger partial charge in [0.2, 0.25) is 0 Å². The Bertz CT molecular complexity index is 1010. The third-order valence-corrected chi connectivity index (χ3v) is 5.64. The topological polar surface area (TPSA) is 57.4 Å². The Labute approximate surface area is 152 Å². The molecule has 3 heterocycles. The summed E-state index contributed by atoms with van der Waals surface area (Å²) in [7, 11) is 1.66. The van der Waals surface area contributed by atoms with Crippen LogP contribution in [-0.4, -0.2) is 37.7 Å². The molecule has 5 nitrogen and oxygen atoms in total. The summed E-state index contributed by atoms with van der Waals surface area (Å²) in [6.07, 6.45) is 0.911. The molecule has 1 atom stereocenters. The number of fused-ring (bicyclic) bond motifs is 6. The van der Waals surface area contributed by atoms with Gasteiger partial charge in [-0.3, -0.25) is 10.1 Å². The van der Waals surface area contributed by atoms with Gasteiger partial charge in [0.1, 0.15) is 0 Å². The highest BCUT2D eigenvalue weighted by atomic mass is 16.5. The molecule has 2 aliphatic heterocycles. The van der Waals surface area contributed by atoms with Crippen molar-refractivity contribution >= 4 is 22.5 Å². The zero-order chi connectivity index (χ0) is 17.7. The van der Waals surface area contributed by atoms with E-state index in [2.05, 4.69) is 34.6 Å². The van der Waals surface area contributed by atoms with Gasteiger partial charge in [0.05, 0.1) is 12.3 Å². The molecular formula is C21H21N3O2. The smallest absolute Gasteiger partial charge is 0.258 e. The lowest BCUT2D eigenvalue weighted by Gasteiger charge is -2.34. The number of hydrogen-bond donors (Lipinski definition) is 2. The summed E-state index contributed by atoms with van der Waals surface area (Å²) in [5.74, 6) is 0.0725. The van der Waals surface area contributed by atoms with Crippen molar-refractivity contribution in [2.45, 2.75) is 12.0 Å². The summed E-state index contributed by atoms with van der Waals surface area (Å²) in [4.78, 5) is 19.1.